The van der Waals surface area contributed by atoms with Crippen LogP contribution in [0.2, 0.25) is 5.02 Å². The van der Waals surface area contributed by atoms with E-state index in [1.54, 1.807) is 6.07 Å². The summed E-state index contributed by atoms with van der Waals surface area (Å²) in [4.78, 5) is 0. The number of nitrogen functional groups attached to an aromatic ring is 1. The first-order chi connectivity index (χ1) is 8.66. The van der Waals surface area contributed by atoms with Crippen LogP contribution in [0.1, 0.15) is 13.3 Å². The Labute approximate surface area is 110 Å². The number of nitrogens with two attached hydrogens (primary N) is 1. The highest BCUT2D eigenvalue weighted by atomic mass is 35.5. The summed E-state index contributed by atoms with van der Waals surface area (Å²) < 4.78 is 1.81. The van der Waals surface area contributed by atoms with Gasteiger partial charge in [-0.3, -0.25) is 0 Å². The summed E-state index contributed by atoms with van der Waals surface area (Å²) in [5.41, 5.74) is 7.13. The van der Waals surface area contributed by atoms with Crippen LogP contribution in [0.5, 0.6) is 0 Å². The Hall–Kier alpha value is -1.62. The summed E-state index contributed by atoms with van der Waals surface area (Å²) in [6, 6.07) is 5.51. The molecule has 1 aliphatic carbocycles. The van der Waals surface area contributed by atoms with E-state index in [1.807, 2.05) is 16.8 Å². The molecule has 1 aliphatic rings. The number of anilines is 1. The van der Waals surface area contributed by atoms with Gasteiger partial charge in [0.15, 0.2) is 5.82 Å². The van der Waals surface area contributed by atoms with Crippen LogP contribution in [0.15, 0.2) is 18.2 Å². The minimum Gasteiger partial charge on any atom is -0.398 e. The van der Waals surface area contributed by atoms with Crippen molar-refractivity contribution in [1.29, 1.82) is 0 Å². The van der Waals surface area contributed by atoms with E-state index < -0.39 is 0 Å². The van der Waals surface area contributed by atoms with Gasteiger partial charge in [0, 0.05) is 12.1 Å². The van der Waals surface area contributed by atoms with Crippen LogP contribution in [0.4, 0.5) is 5.69 Å². The molecule has 2 aromatic rings. The maximum absolute atomic E-state index is 6.20. The molecule has 94 valence electrons. The van der Waals surface area contributed by atoms with Crippen molar-refractivity contribution in [3.05, 3.63) is 23.2 Å². The van der Waals surface area contributed by atoms with Crippen LogP contribution in [0.3, 0.4) is 0 Å². The van der Waals surface area contributed by atoms with Crippen LogP contribution in [0.25, 0.3) is 11.4 Å². The Morgan fingerprint density at radius 3 is 3.00 bits per heavy atom. The maximum Gasteiger partial charge on any atom is 0.183 e. The second-order valence-electron chi connectivity index (χ2n) is 4.87. The Morgan fingerprint density at radius 1 is 1.50 bits per heavy atom. The monoisotopic (exact) mass is 263 g/mol. The lowest BCUT2D eigenvalue weighted by Crippen LogP contribution is -2.06. The van der Waals surface area contributed by atoms with Gasteiger partial charge in [-0.2, -0.15) is 0 Å². The molecular weight excluding hydrogens is 250 g/mol. The number of rotatable bonds is 3. The van der Waals surface area contributed by atoms with E-state index >= 15 is 0 Å². The molecule has 1 aromatic heterocycles. The van der Waals surface area contributed by atoms with Crippen molar-refractivity contribution in [3.63, 3.8) is 0 Å². The minimum atomic E-state index is 0.511. The number of hydrogen-bond donors (Lipinski definition) is 1. The lowest BCUT2D eigenvalue weighted by atomic mass is 10.2. The summed E-state index contributed by atoms with van der Waals surface area (Å²) in [5, 5.41) is 12.3. The number of halogens is 1. The molecule has 18 heavy (non-hydrogen) atoms. The van der Waals surface area contributed by atoms with Crippen molar-refractivity contribution in [2.45, 2.75) is 19.9 Å². The Bertz CT molecular complexity index is 580. The Kier molecular flexibility index (Phi) is 2.70. The third-order valence-electron chi connectivity index (χ3n) is 3.48. The SMILES string of the molecule is CC1CC1Cn1nnnc1-c1cccc(N)c1Cl. The second kappa shape index (κ2) is 4.24. The van der Waals surface area contributed by atoms with Crippen molar-refractivity contribution in [2.24, 2.45) is 11.8 Å². The average Bonchev–Trinajstić information content (AvgIpc) is 2.86. The van der Waals surface area contributed by atoms with Gasteiger partial charge in [0.2, 0.25) is 0 Å². The molecule has 1 aromatic carbocycles. The maximum atomic E-state index is 6.20. The smallest absolute Gasteiger partial charge is 0.183 e. The van der Waals surface area contributed by atoms with E-state index in [4.69, 9.17) is 17.3 Å². The molecule has 1 saturated carbocycles. The van der Waals surface area contributed by atoms with Gasteiger partial charge in [-0.05, 0) is 40.8 Å². The molecule has 0 spiro atoms. The highest BCUT2D eigenvalue weighted by Gasteiger charge is 2.33. The highest BCUT2D eigenvalue weighted by molar-refractivity contribution is 6.35. The number of aromatic nitrogens is 4. The standard InChI is InChI=1S/C12H14ClN5/c1-7-5-8(7)6-18-12(15-16-17-18)9-3-2-4-10(14)11(9)13/h2-4,7-8H,5-6,14H2,1H3. The number of benzene rings is 1. The fourth-order valence-electron chi connectivity index (χ4n) is 2.12. The molecule has 3 rings (SSSR count). The van der Waals surface area contributed by atoms with Crippen LogP contribution in [-0.2, 0) is 6.54 Å². The molecule has 0 aliphatic heterocycles. The normalized spacial score (nSPS) is 22.1. The summed E-state index contributed by atoms with van der Waals surface area (Å²) in [7, 11) is 0. The molecule has 2 unspecified atom stereocenters. The zero-order valence-electron chi connectivity index (χ0n) is 10.0. The number of hydrogen-bond acceptors (Lipinski definition) is 4. The highest BCUT2D eigenvalue weighted by Crippen LogP contribution is 2.39. The van der Waals surface area contributed by atoms with Gasteiger partial charge in [-0.1, -0.05) is 24.6 Å². The van der Waals surface area contributed by atoms with E-state index in [0.717, 1.165) is 18.0 Å². The molecule has 2 atom stereocenters. The van der Waals surface area contributed by atoms with Crippen molar-refractivity contribution in [2.75, 3.05) is 5.73 Å². The predicted octanol–water partition coefficient (Wildman–Crippen LogP) is 2.23. The van der Waals surface area contributed by atoms with E-state index in [2.05, 4.69) is 22.4 Å². The third kappa shape index (κ3) is 1.95. The van der Waals surface area contributed by atoms with Crippen molar-refractivity contribution >= 4 is 17.3 Å². The van der Waals surface area contributed by atoms with Crippen LogP contribution in [0, 0.1) is 11.8 Å². The molecule has 2 N–H and O–H groups in total. The zero-order valence-corrected chi connectivity index (χ0v) is 10.8. The largest absolute Gasteiger partial charge is 0.398 e. The lowest BCUT2D eigenvalue weighted by molar-refractivity contribution is 0.528. The van der Waals surface area contributed by atoms with Gasteiger partial charge < -0.3 is 5.73 Å². The first-order valence-corrected chi connectivity index (χ1v) is 6.35. The predicted molar refractivity (Wildman–Crippen MR) is 69.9 cm³/mol. The molecular formula is C12H14ClN5. The van der Waals surface area contributed by atoms with Crippen molar-refractivity contribution in [1.82, 2.24) is 20.2 Å². The summed E-state index contributed by atoms with van der Waals surface area (Å²) in [6.45, 7) is 3.08. The zero-order chi connectivity index (χ0) is 12.7. The van der Waals surface area contributed by atoms with Gasteiger partial charge in [-0.25, -0.2) is 4.68 Å². The van der Waals surface area contributed by atoms with E-state index in [0.29, 0.717) is 22.5 Å². The second-order valence-corrected chi connectivity index (χ2v) is 5.24. The first kappa shape index (κ1) is 11.5. The van der Waals surface area contributed by atoms with Gasteiger partial charge in [0.25, 0.3) is 0 Å². The number of nitrogens with zero attached hydrogens (tertiary/aromatic N) is 4. The van der Waals surface area contributed by atoms with Gasteiger partial charge in [-0.15, -0.1) is 5.10 Å². The molecule has 1 fully saturated rings. The van der Waals surface area contributed by atoms with E-state index in [-0.39, 0.29) is 0 Å². The molecule has 0 saturated heterocycles. The van der Waals surface area contributed by atoms with Crippen molar-refractivity contribution in [3.8, 4) is 11.4 Å². The molecule has 0 bridgehead atoms. The fraction of sp³-hybridized carbons (Fsp3) is 0.417. The summed E-state index contributed by atoms with van der Waals surface area (Å²) in [6.07, 6.45) is 1.24. The molecule has 1 heterocycles. The van der Waals surface area contributed by atoms with Crippen molar-refractivity contribution < 1.29 is 0 Å². The lowest BCUT2D eigenvalue weighted by Gasteiger charge is -2.07. The fourth-order valence-corrected chi connectivity index (χ4v) is 2.33. The van der Waals surface area contributed by atoms with Gasteiger partial charge >= 0.3 is 0 Å². The van der Waals surface area contributed by atoms with Crippen LogP contribution in [-0.4, -0.2) is 20.2 Å². The van der Waals surface area contributed by atoms with E-state index in [9.17, 15) is 0 Å². The number of tetrazole rings is 1. The van der Waals surface area contributed by atoms with Gasteiger partial charge in [0.05, 0.1) is 10.7 Å². The minimum absolute atomic E-state index is 0.511. The van der Waals surface area contributed by atoms with Crippen LogP contribution < -0.4 is 5.73 Å². The molecule has 0 amide bonds. The van der Waals surface area contributed by atoms with Crippen LogP contribution >= 0.6 is 11.6 Å². The van der Waals surface area contributed by atoms with Gasteiger partial charge in [0.1, 0.15) is 0 Å². The summed E-state index contributed by atoms with van der Waals surface area (Å²) in [5.74, 6) is 2.12. The Morgan fingerprint density at radius 2 is 2.28 bits per heavy atom. The molecule has 0 radical (unpaired) electrons. The third-order valence-corrected chi connectivity index (χ3v) is 3.91. The quantitative estimate of drug-likeness (QED) is 0.862. The first-order valence-electron chi connectivity index (χ1n) is 5.97. The Balaban J connectivity index is 1.96. The molecule has 6 heteroatoms. The molecule has 5 nitrogen and oxygen atoms in total. The topological polar surface area (TPSA) is 69.6 Å². The average molecular weight is 264 g/mol. The van der Waals surface area contributed by atoms with E-state index in [1.165, 1.54) is 6.42 Å². The summed E-state index contributed by atoms with van der Waals surface area (Å²) >= 11 is 6.20.